The van der Waals surface area contributed by atoms with Gasteiger partial charge in [-0.3, -0.25) is 9.89 Å². The van der Waals surface area contributed by atoms with E-state index in [0.29, 0.717) is 12.1 Å². The van der Waals surface area contributed by atoms with Crippen LogP contribution in [0.2, 0.25) is 0 Å². The van der Waals surface area contributed by atoms with Crippen molar-refractivity contribution in [1.29, 1.82) is 0 Å². The van der Waals surface area contributed by atoms with Crippen LogP contribution in [0, 0.1) is 0 Å². The zero-order chi connectivity index (χ0) is 12.3. The van der Waals surface area contributed by atoms with Gasteiger partial charge in [0.25, 0.3) is 5.91 Å². The number of rotatable bonds is 4. The largest absolute Gasteiger partial charge is 0.395 e. The summed E-state index contributed by atoms with van der Waals surface area (Å²) in [5, 5.41) is 15.6. The van der Waals surface area contributed by atoms with Crippen molar-refractivity contribution in [3.63, 3.8) is 0 Å². The topological polar surface area (TPSA) is 95.2 Å². The summed E-state index contributed by atoms with van der Waals surface area (Å²) in [6, 6.07) is -0.256. The number of nitrogens with two attached hydrogens (primary N) is 1. The number of nitrogen functional groups attached to an aromatic ring is 1. The summed E-state index contributed by atoms with van der Waals surface area (Å²) < 4.78 is 0. The molecule has 0 fully saturated rings. The van der Waals surface area contributed by atoms with Crippen molar-refractivity contribution in [2.75, 3.05) is 19.4 Å². The van der Waals surface area contributed by atoms with E-state index in [0.717, 1.165) is 5.69 Å². The van der Waals surface area contributed by atoms with E-state index >= 15 is 0 Å². The van der Waals surface area contributed by atoms with Gasteiger partial charge in [0.1, 0.15) is 0 Å². The molecule has 1 aromatic rings. The highest BCUT2D eigenvalue weighted by Gasteiger charge is 2.22. The number of hydrogen-bond acceptors (Lipinski definition) is 4. The minimum absolute atomic E-state index is 0.0901. The lowest BCUT2D eigenvalue weighted by Gasteiger charge is -2.22. The molecule has 0 radical (unpaired) electrons. The predicted octanol–water partition coefficient (Wildman–Crippen LogP) is 0.00710. The van der Waals surface area contributed by atoms with Gasteiger partial charge in [-0.1, -0.05) is 6.92 Å². The van der Waals surface area contributed by atoms with E-state index in [-0.39, 0.29) is 24.2 Å². The Morgan fingerprint density at radius 2 is 2.31 bits per heavy atom. The number of amides is 1. The zero-order valence-electron chi connectivity index (χ0n) is 9.82. The lowest BCUT2D eigenvalue weighted by Crippen LogP contribution is -2.37. The zero-order valence-corrected chi connectivity index (χ0v) is 9.82. The second-order valence-corrected chi connectivity index (χ2v) is 3.77. The molecular weight excluding hydrogens is 208 g/mol. The molecule has 1 aromatic heterocycles. The summed E-state index contributed by atoms with van der Waals surface area (Å²) in [5.41, 5.74) is 7.16. The van der Waals surface area contributed by atoms with Gasteiger partial charge in [-0.15, -0.1) is 0 Å². The Morgan fingerprint density at radius 1 is 1.69 bits per heavy atom. The van der Waals surface area contributed by atoms with E-state index in [9.17, 15) is 4.79 Å². The number of hydrogen-bond donors (Lipinski definition) is 3. The van der Waals surface area contributed by atoms with Crippen LogP contribution in [0.4, 0.5) is 5.69 Å². The van der Waals surface area contributed by atoms with Crippen molar-refractivity contribution in [1.82, 2.24) is 15.1 Å². The summed E-state index contributed by atoms with van der Waals surface area (Å²) in [4.78, 5) is 13.4. The molecule has 0 aliphatic carbocycles. The van der Waals surface area contributed by atoms with Crippen LogP contribution in [0.25, 0.3) is 0 Å². The van der Waals surface area contributed by atoms with Gasteiger partial charge in [-0.25, -0.2) is 0 Å². The standard InChI is InChI=1S/C10H18N4O2/c1-4-7-8(11)9(13-12-7)10(16)14(3)6(2)5-15/h6,15H,4-5,11H2,1-3H3,(H,12,13). The first-order valence-electron chi connectivity index (χ1n) is 5.23. The number of nitrogens with zero attached hydrogens (tertiary/aromatic N) is 2. The van der Waals surface area contributed by atoms with Gasteiger partial charge in [0.15, 0.2) is 5.69 Å². The van der Waals surface area contributed by atoms with E-state index in [1.165, 1.54) is 4.90 Å². The fourth-order valence-corrected chi connectivity index (χ4v) is 1.31. The third kappa shape index (κ3) is 2.16. The molecule has 0 saturated carbocycles. The molecule has 0 saturated heterocycles. The number of aromatic nitrogens is 2. The molecule has 0 aromatic carbocycles. The van der Waals surface area contributed by atoms with Crippen LogP contribution in [0.3, 0.4) is 0 Å². The molecule has 4 N–H and O–H groups in total. The molecule has 0 bridgehead atoms. The Kier molecular flexibility index (Phi) is 3.89. The molecule has 0 aliphatic heterocycles. The number of likely N-dealkylation sites (N-methyl/N-ethyl adjacent to an activating group) is 1. The molecule has 6 heteroatoms. The average Bonchev–Trinajstić information content (AvgIpc) is 2.67. The van der Waals surface area contributed by atoms with Crippen LogP contribution in [0.5, 0.6) is 0 Å². The van der Waals surface area contributed by atoms with Crippen LogP contribution in [0.15, 0.2) is 0 Å². The van der Waals surface area contributed by atoms with Crippen molar-refractivity contribution < 1.29 is 9.90 Å². The second kappa shape index (κ2) is 4.98. The average molecular weight is 226 g/mol. The van der Waals surface area contributed by atoms with Crippen LogP contribution < -0.4 is 5.73 Å². The monoisotopic (exact) mass is 226 g/mol. The minimum Gasteiger partial charge on any atom is -0.395 e. The first kappa shape index (κ1) is 12.5. The minimum atomic E-state index is -0.282. The van der Waals surface area contributed by atoms with E-state index in [1.54, 1.807) is 14.0 Å². The third-order valence-corrected chi connectivity index (χ3v) is 2.68. The van der Waals surface area contributed by atoms with Crippen LogP contribution in [0.1, 0.15) is 30.0 Å². The molecule has 1 unspecified atom stereocenters. The van der Waals surface area contributed by atoms with Crippen LogP contribution >= 0.6 is 0 Å². The number of anilines is 1. The molecule has 1 rings (SSSR count). The maximum atomic E-state index is 11.9. The summed E-state index contributed by atoms with van der Waals surface area (Å²) in [5.74, 6) is -0.282. The molecule has 0 spiro atoms. The van der Waals surface area contributed by atoms with Crippen molar-refractivity contribution in [3.05, 3.63) is 11.4 Å². The molecule has 0 aliphatic rings. The third-order valence-electron chi connectivity index (χ3n) is 2.68. The normalized spacial score (nSPS) is 12.5. The molecule has 1 amide bonds. The smallest absolute Gasteiger partial charge is 0.276 e. The van der Waals surface area contributed by atoms with E-state index in [2.05, 4.69) is 10.2 Å². The summed E-state index contributed by atoms with van der Waals surface area (Å²) in [7, 11) is 1.61. The van der Waals surface area contributed by atoms with Crippen molar-refractivity contribution >= 4 is 11.6 Å². The molecule has 1 atom stereocenters. The number of aliphatic hydroxyl groups excluding tert-OH is 1. The van der Waals surface area contributed by atoms with Crippen molar-refractivity contribution in [3.8, 4) is 0 Å². The number of carbonyl (C=O) groups excluding carboxylic acids is 1. The molecule has 1 heterocycles. The first-order chi connectivity index (χ1) is 7.52. The van der Waals surface area contributed by atoms with Crippen LogP contribution in [-0.2, 0) is 6.42 Å². The SMILES string of the molecule is CCc1[nH]nc(C(=O)N(C)C(C)CO)c1N. The lowest BCUT2D eigenvalue weighted by molar-refractivity contribution is 0.0677. The number of aryl methyl sites for hydroxylation is 1. The highest BCUT2D eigenvalue weighted by Crippen LogP contribution is 2.16. The summed E-state index contributed by atoms with van der Waals surface area (Å²) in [6.07, 6.45) is 0.700. The highest BCUT2D eigenvalue weighted by molar-refractivity contribution is 5.97. The van der Waals surface area contributed by atoms with Crippen molar-refractivity contribution in [2.24, 2.45) is 0 Å². The number of H-pyrrole nitrogens is 1. The van der Waals surface area contributed by atoms with Crippen LogP contribution in [-0.4, -0.2) is 45.8 Å². The van der Waals surface area contributed by atoms with Gasteiger partial charge in [0.05, 0.1) is 24.0 Å². The van der Waals surface area contributed by atoms with Gasteiger partial charge < -0.3 is 15.7 Å². The van der Waals surface area contributed by atoms with Gasteiger partial charge in [0.2, 0.25) is 0 Å². The molecule has 16 heavy (non-hydrogen) atoms. The predicted molar refractivity (Wildman–Crippen MR) is 61.0 cm³/mol. The molecule has 90 valence electrons. The Bertz CT molecular complexity index is 375. The Hall–Kier alpha value is -1.56. The Labute approximate surface area is 94.4 Å². The van der Waals surface area contributed by atoms with Gasteiger partial charge in [-0.2, -0.15) is 5.10 Å². The van der Waals surface area contributed by atoms with Gasteiger partial charge in [-0.05, 0) is 13.3 Å². The van der Waals surface area contributed by atoms with E-state index in [4.69, 9.17) is 10.8 Å². The molecular formula is C10H18N4O2. The number of nitrogens with one attached hydrogen (secondary N) is 1. The van der Waals surface area contributed by atoms with E-state index in [1.807, 2.05) is 6.92 Å². The lowest BCUT2D eigenvalue weighted by atomic mass is 10.2. The Morgan fingerprint density at radius 3 is 2.75 bits per heavy atom. The molecule has 6 nitrogen and oxygen atoms in total. The van der Waals surface area contributed by atoms with Gasteiger partial charge >= 0.3 is 0 Å². The summed E-state index contributed by atoms with van der Waals surface area (Å²) >= 11 is 0. The number of carbonyl (C=O) groups is 1. The maximum Gasteiger partial charge on any atom is 0.276 e. The number of aromatic amines is 1. The fourth-order valence-electron chi connectivity index (χ4n) is 1.31. The van der Waals surface area contributed by atoms with Crippen molar-refractivity contribution in [2.45, 2.75) is 26.3 Å². The fraction of sp³-hybridized carbons (Fsp3) is 0.600. The van der Waals surface area contributed by atoms with Gasteiger partial charge in [0, 0.05) is 7.05 Å². The second-order valence-electron chi connectivity index (χ2n) is 3.77. The van der Waals surface area contributed by atoms with E-state index < -0.39 is 0 Å². The first-order valence-corrected chi connectivity index (χ1v) is 5.23. The quantitative estimate of drug-likeness (QED) is 0.673. The Balaban J connectivity index is 2.92. The highest BCUT2D eigenvalue weighted by atomic mass is 16.3. The maximum absolute atomic E-state index is 11.9. The summed E-state index contributed by atoms with van der Waals surface area (Å²) in [6.45, 7) is 3.59. The number of aliphatic hydroxyl groups is 1.